The van der Waals surface area contributed by atoms with Crippen molar-refractivity contribution in [3.63, 3.8) is 0 Å². The Labute approximate surface area is 182 Å². The number of nitrogens with zero attached hydrogens (tertiary/aromatic N) is 2. The highest BCUT2D eigenvalue weighted by Gasteiger charge is 2.12. The minimum absolute atomic E-state index is 0.0136. The standard InChI is InChI=1S/C23H30F2N4O2/c1-4-26-23(28-16-19-9-7-8-10-20(19)31-22(24)25)27-15-17-11-13-18(14-12-17)21(30)29(5-2)6-3/h7-14,22H,4-6,15-16H2,1-3H3,(H2,26,27,28). The molecule has 0 spiro atoms. The van der Waals surface area contributed by atoms with Crippen LogP contribution in [-0.2, 0) is 13.1 Å². The molecule has 8 heteroatoms. The summed E-state index contributed by atoms with van der Waals surface area (Å²) < 4.78 is 29.7. The quantitative estimate of drug-likeness (QED) is 0.440. The maximum atomic E-state index is 12.6. The number of carbonyl (C=O) groups excluding carboxylic acids is 1. The molecule has 0 saturated heterocycles. The Bertz CT molecular complexity index is 853. The molecule has 0 unspecified atom stereocenters. The molecule has 0 saturated carbocycles. The van der Waals surface area contributed by atoms with Crippen molar-refractivity contribution >= 4 is 11.9 Å². The third-order valence-electron chi connectivity index (χ3n) is 4.65. The van der Waals surface area contributed by atoms with Crippen molar-refractivity contribution in [3.8, 4) is 5.75 Å². The summed E-state index contributed by atoms with van der Waals surface area (Å²) >= 11 is 0. The fourth-order valence-corrected chi connectivity index (χ4v) is 3.00. The Morgan fingerprint density at radius 2 is 1.71 bits per heavy atom. The zero-order valence-electron chi connectivity index (χ0n) is 18.2. The van der Waals surface area contributed by atoms with Gasteiger partial charge >= 0.3 is 6.61 Å². The third kappa shape index (κ3) is 7.55. The van der Waals surface area contributed by atoms with Crippen LogP contribution in [0.5, 0.6) is 5.75 Å². The van der Waals surface area contributed by atoms with Gasteiger partial charge in [0.15, 0.2) is 5.96 Å². The predicted molar refractivity (Wildman–Crippen MR) is 118 cm³/mol. The second-order valence-electron chi connectivity index (χ2n) is 6.71. The van der Waals surface area contributed by atoms with Crippen molar-refractivity contribution < 1.29 is 18.3 Å². The SMILES string of the molecule is CCNC(=NCc1ccc(C(=O)N(CC)CC)cc1)NCc1ccccc1OC(F)F. The number of hydrogen-bond donors (Lipinski definition) is 2. The summed E-state index contributed by atoms with van der Waals surface area (Å²) in [5.74, 6) is 0.701. The van der Waals surface area contributed by atoms with E-state index in [1.165, 1.54) is 6.07 Å². The van der Waals surface area contributed by atoms with Gasteiger partial charge in [0.05, 0.1) is 6.54 Å². The molecule has 0 radical (unpaired) electrons. The first kappa shape index (κ1) is 24.1. The molecule has 168 valence electrons. The van der Waals surface area contributed by atoms with Gasteiger partial charge in [0.2, 0.25) is 0 Å². The van der Waals surface area contributed by atoms with Crippen LogP contribution in [0, 0.1) is 0 Å². The van der Waals surface area contributed by atoms with Crippen molar-refractivity contribution in [2.75, 3.05) is 19.6 Å². The normalized spacial score (nSPS) is 11.4. The molecule has 2 aromatic rings. The van der Waals surface area contributed by atoms with E-state index in [1.54, 1.807) is 23.1 Å². The van der Waals surface area contributed by atoms with Gasteiger partial charge in [-0.25, -0.2) is 4.99 Å². The molecular weight excluding hydrogens is 402 g/mol. The van der Waals surface area contributed by atoms with Crippen LogP contribution in [0.25, 0.3) is 0 Å². The number of guanidine groups is 1. The van der Waals surface area contributed by atoms with Crippen LogP contribution >= 0.6 is 0 Å². The van der Waals surface area contributed by atoms with E-state index in [1.807, 2.05) is 45.0 Å². The van der Waals surface area contributed by atoms with E-state index in [2.05, 4.69) is 20.4 Å². The van der Waals surface area contributed by atoms with Gasteiger partial charge in [0.1, 0.15) is 5.75 Å². The third-order valence-corrected chi connectivity index (χ3v) is 4.65. The van der Waals surface area contributed by atoms with Crippen molar-refractivity contribution in [2.24, 2.45) is 4.99 Å². The van der Waals surface area contributed by atoms with Crippen LogP contribution < -0.4 is 15.4 Å². The number of nitrogens with one attached hydrogen (secondary N) is 2. The lowest BCUT2D eigenvalue weighted by Crippen LogP contribution is -2.36. The zero-order valence-corrected chi connectivity index (χ0v) is 18.2. The molecule has 2 N–H and O–H groups in total. The molecule has 0 aliphatic rings. The van der Waals surface area contributed by atoms with Gasteiger partial charge < -0.3 is 20.3 Å². The zero-order chi connectivity index (χ0) is 22.6. The lowest BCUT2D eigenvalue weighted by atomic mass is 10.1. The van der Waals surface area contributed by atoms with Gasteiger partial charge in [-0.3, -0.25) is 4.79 Å². The van der Waals surface area contributed by atoms with Crippen LogP contribution in [-0.4, -0.2) is 43.0 Å². The molecule has 31 heavy (non-hydrogen) atoms. The maximum absolute atomic E-state index is 12.6. The van der Waals surface area contributed by atoms with Gasteiger partial charge in [0, 0.05) is 37.3 Å². The number of rotatable bonds is 10. The molecule has 6 nitrogen and oxygen atoms in total. The average molecular weight is 433 g/mol. The molecule has 0 heterocycles. The van der Waals surface area contributed by atoms with Gasteiger partial charge in [-0.1, -0.05) is 30.3 Å². The molecule has 0 atom stereocenters. The number of carbonyl (C=O) groups is 1. The first-order valence-electron chi connectivity index (χ1n) is 10.4. The topological polar surface area (TPSA) is 66.0 Å². The first-order valence-corrected chi connectivity index (χ1v) is 10.4. The second-order valence-corrected chi connectivity index (χ2v) is 6.71. The molecule has 0 bridgehead atoms. The summed E-state index contributed by atoms with van der Waals surface area (Å²) in [6.45, 7) is 5.66. The molecular formula is C23H30F2N4O2. The monoisotopic (exact) mass is 432 g/mol. The summed E-state index contributed by atoms with van der Waals surface area (Å²) in [5, 5.41) is 6.27. The molecule has 0 aliphatic carbocycles. The summed E-state index contributed by atoms with van der Waals surface area (Å²) in [7, 11) is 0. The summed E-state index contributed by atoms with van der Waals surface area (Å²) in [6, 6.07) is 14.0. The maximum Gasteiger partial charge on any atom is 0.387 e. The van der Waals surface area contributed by atoms with Gasteiger partial charge in [-0.05, 0) is 44.5 Å². The van der Waals surface area contributed by atoms with Crippen molar-refractivity contribution in [2.45, 2.75) is 40.5 Å². The van der Waals surface area contributed by atoms with Crippen molar-refractivity contribution in [1.29, 1.82) is 0 Å². The summed E-state index contributed by atoms with van der Waals surface area (Å²) in [4.78, 5) is 18.7. The highest BCUT2D eigenvalue weighted by Crippen LogP contribution is 2.20. The van der Waals surface area contributed by atoms with Crippen LogP contribution in [0.3, 0.4) is 0 Å². The van der Waals surface area contributed by atoms with Crippen LogP contribution in [0.4, 0.5) is 8.78 Å². The highest BCUT2D eigenvalue weighted by molar-refractivity contribution is 5.94. The molecule has 2 rings (SSSR count). The van der Waals surface area contributed by atoms with E-state index in [9.17, 15) is 13.6 Å². The highest BCUT2D eigenvalue weighted by atomic mass is 19.3. The molecule has 0 aromatic heterocycles. The van der Waals surface area contributed by atoms with E-state index in [4.69, 9.17) is 0 Å². The Balaban J connectivity index is 2.02. The lowest BCUT2D eigenvalue weighted by molar-refractivity contribution is -0.0504. The van der Waals surface area contributed by atoms with Crippen LogP contribution in [0.2, 0.25) is 0 Å². The van der Waals surface area contributed by atoms with E-state index in [0.717, 1.165) is 5.56 Å². The Morgan fingerprint density at radius 1 is 1.03 bits per heavy atom. The summed E-state index contributed by atoms with van der Waals surface area (Å²) in [6.07, 6.45) is 0. The minimum atomic E-state index is -2.88. The fourth-order valence-electron chi connectivity index (χ4n) is 3.00. The number of amides is 1. The van der Waals surface area contributed by atoms with Crippen LogP contribution in [0.1, 0.15) is 42.3 Å². The Kier molecular flexibility index (Phi) is 9.74. The van der Waals surface area contributed by atoms with E-state index in [0.29, 0.717) is 43.3 Å². The Hall–Kier alpha value is -3.16. The molecule has 0 aliphatic heterocycles. The van der Waals surface area contributed by atoms with Gasteiger partial charge in [-0.15, -0.1) is 0 Å². The van der Waals surface area contributed by atoms with E-state index in [-0.39, 0.29) is 18.2 Å². The largest absolute Gasteiger partial charge is 0.434 e. The van der Waals surface area contributed by atoms with Crippen LogP contribution in [0.15, 0.2) is 53.5 Å². The molecule has 1 amide bonds. The van der Waals surface area contributed by atoms with Crippen molar-refractivity contribution in [1.82, 2.24) is 15.5 Å². The molecule has 0 fully saturated rings. The molecule has 2 aromatic carbocycles. The van der Waals surface area contributed by atoms with Crippen molar-refractivity contribution in [3.05, 3.63) is 65.2 Å². The fraction of sp³-hybridized carbons (Fsp3) is 0.391. The number of aliphatic imine (C=N–C) groups is 1. The lowest BCUT2D eigenvalue weighted by Gasteiger charge is -2.18. The first-order chi connectivity index (χ1) is 15.0. The number of hydrogen-bond acceptors (Lipinski definition) is 3. The average Bonchev–Trinajstić information content (AvgIpc) is 2.77. The number of halogens is 2. The number of benzene rings is 2. The van der Waals surface area contributed by atoms with Gasteiger partial charge in [-0.2, -0.15) is 8.78 Å². The number of alkyl halides is 2. The van der Waals surface area contributed by atoms with E-state index < -0.39 is 6.61 Å². The minimum Gasteiger partial charge on any atom is -0.434 e. The number of para-hydroxylation sites is 1. The van der Waals surface area contributed by atoms with Gasteiger partial charge in [0.25, 0.3) is 5.91 Å². The predicted octanol–water partition coefficient (Wildman–Crippen LogP) is 4.03. The Morgan fingerprint density at radius 3 is 2.32 bits per heavy atom. The second kappa shape index (κ2) is 12.5. The smallest absolute Gasteiger partial charge is 0.387 e. The summed E-state index contributed by atoms with van der Waals surface area (Å²) in [5.41, 5.74) is 2.21. The van der Waals surface area contributed by atoms with E-state index >= 15 is 0 Å². The number of ether oxygens (including phenoxy) is 1.